The molecule has 67 heavy (non-hydrogen) atoms. The van der Waals surface area contributed by atoms with E-state index in [0.717, 1.165) is 6.42 Å². The van der Waals surface area contributed by atoms with Crippen molar-refractivity contribution in [3.8, 4) is 16.8 Å². The minimum Gasteiger partial charge on any atom is -0.309 e. The van der Waals surface area contributed by atoms with E-state index < -0.39 is 0 Å². The maximum Gasteiger partial charge on any atom is 0.247 e. The van der Waals surface area contributed by atoms with Crippen molar-refractivity contribution in [2.75, 3.05) is 0 Å². The molecule has 0 fully saturated rings. The lowest BCUT2D eigenvalue weighted by molar-refractivity contribution is 0.410. The Morgan fingerprint density at radius 3 is 1.60 bits per heavy atom. The Morgan fingerprint density at radius 2 is 1.00 bits per heavy atom. The Bertz CT molecular complexity index is 3830. The Hall–Kier alpha value is -5.94. The van der Waals surface area contributed by atoms with Gasteiger partial charge in [-0.3, -0.25) is 0 Å². The fraction of sp³-hybridized carbons (Fsp3) is 0.206. The van der Waals surface area contributed by atoms with Gasteiger partial charge in [-0.2, -0.15) is 0 Å². The van der Waals surface area contributed by atoms with Crippen molar-refractivity contribution < 1.29 is 0 Å². The molecule has 0 aliphatic carbocycles. The summed E-state index contributed by atoms with van der Waals surface area (Å²) in [5, 5.41) is 13.3. The molecule has 1 nitrogen and oxygen atoms in total. The molecular weight excluding hydrogens is 846 g/mol. The van der Waals surface area contributed by atoms with Crippen LogP contribution in [0.1, 0.15) is 79.0 Å². The molecule has 11 aromatic rings. The zero-order chi connectivity index (χ0) is 45.9. The van der Waals surface area contributed by atoms with Gasteiger partial charge >= 0.3 is 0 Å². The van der Waals surface area contributed by atoms with Crippen molar-refractivity contribution >= 4 is 112 Å². The van der Waals surface area contributed by atoms with E-state index in [4.69, 9.17) is 0 Å². The van der Waals surface area contributed by atoms with Crippen molar-refractivity contribution in [2.24, 2.45) is 5.41 Å². The van der Waals surface area contributed by atoms with Gasteiger partial charge in [0, 0.05) is 36.0 Å². The second kappa shape index (κ2) is 14.3. The van der Waals surface area contributed by atoms with Crippen LogP contribution in [-0.4, -0.2) is 11.3 Å². The van der Waals surface area contributed by atoms with Gasteiger partial charge in [0.15, 0.2) is 0 Å². The third kappa shape index (κ3) is 6.39. The highest BCUT2D eigenvalue weighted by Gasteiger charge is 2.39. The molecular formula is C63H54BNS2. The summed E-state index contributed by atoms with van der Waals surface area (Å²) in [7, 11) is 0. The summed E-state index contributed by atoms with van der Waals surface area (Å²) in [5.41, 5.74) is 15.0. The van der Waals surface area contributed by atoms with Crippen molar-refractivity contribution in [1.82, 2.24) is 4.57 Å². The highest BCUT2D eigenvalue weighted by atomic mass is 32.2. The van der Waals surface area contributed by atoms with E-state index in [1.807, 2.05) is 23.5 Å². The zero-order valence-corrected chi connectivity index (χ0v) is 41.6. The first kappa shape index (κ1) is 41.3. The van der Waals surface area contributed by atoms with Gasteiger partial charge in [-0.05, 0) is 154 Å². The van der Waals surface area contributed by atoms with Gasteiger partial charge in [0.25, 0.3) is 0 Å². The van der Waals surface area contributed by atoms with E-state index in [9.17, 15) is 0 Å². The largest absolute Gasteiger partial charge is 0.309 e. The standard InChI is InChI=1S/C63H54BNS2/c1-61(2,3)35-36-29-55-60-56(30-36)67-54-34-42(65-51-27-21-40(62(4,5)6)32-47(51)48-33-41(63(7,8)9)22-28-52(48)65)23-26-50(54)64(60)49-25-20-39(31-53(49)66-55)43-24-19-38-15-11-17-45-44-16-10-13-37-14-12-18-46(57(37)44)59(43)58(38)45/h10-34H,35H2,1-9H3. The Kier molecular flexibility index (Phi) is 8.81. The molecule has 3 heterocycles. The molecule has 13 rings (SSSR count). The molecule has 0 spiro atoms. The first-order chi connectivity index (χ1) is 32.1. The van der Waals surface area contributed by atoms with Crippen LogP contribution in [-0.2, 0) is 17.3 Å². The summed E-state index contributed by atoms with van der Waals surface area (Å²) >= 11 is 3.96. The number of aromatic nitrogens is 1. The van der Waals surface area contributed by atoms with Crippen molar-refractivity contribution in [2.45, 2.75) is 99.1 Å². The summed E-state index contributed by atoms with van der Waals surface area (Å²) in [6.45, 7) is 21.2. The van der Waals surface area contributed by atoms with E-state index in [0.29, 0.717) is 0 Å². The van der Waals surface area contributed by atoms with Crippen LogP contribution in [0.4, 0.5) is 0 Å². The second-order valence-electron chi connectivity index (χ2n) is 22.8. The Labute approximate surface area is 403 Å². The molecule has 0 N–H and O–H groups in total. The van der Waals surface area contributed by atoms with Crippen LogP contribution in [0, 0.1) is 5.41 Å². The van der Waals surface area contributed by atoms with Crippen LogP contribution in [0.3, 0.4) is 0 Å². The van der Waals surface area contributed by atoms with Gasteiger partial charge in [-0.1, -0.05) is 194 Å². The second-order valence-corrected chi connectivity index (χ2v) is 24.9. The van der Waals surface area contributed by atoms with Crippen LogP contribution >= 0.6 is 23.5 Å². The number of nitrogens with zero attached hydrogens (tertiary/aromatic N) is 1. The molecule has 1 aromatic heterocycles. The normalized spacial score (nSPS) is 14.0. The third-order valence-corrected chi connectivity index (χ3v) is 17.1. The first-order valence-electron chi connectivity index (χ1n) is 24.1. The number of fused-ring (bicyclic) bond motifs is 9. The van der Waals surface area contributed by atoms with Crippen LogP contribution in [0.2, 0.25) is 0 Å². The summed E-state index contributed by atoms with van der Waals surface area (Å²) in [4.78, 5) is 5.51. The van der Waals surface area contributed by atoms with Gasteiger partial charge < -0.3 is 4.57 Å². The topological polar surface area (TPSA) is 4.93 Å². The first-order valence-corrected chi connectivity index (χ1v) is 25.7. The van der Waals surface area contributed by atoms with Crippen molar-refractivity contribution in [3.05, 3.63) is 168 Å². The molecule has 2 aliphatic heterocycles. The molecule has 326 valence electrons. The van der Waals surface area contributed by atoms with Gasteiger partial charge in [0.2, 0.25) is 6.71 Å². The monoisotopic (exact) mass is 899 g/mol. The van der Waals surface area contributed by atoms with Crippen LogP contribution in [0.25, 0.3) is 81.7 Å². The molecule has 4 heteroatoms. The minimum absolute atomic E-state index is 0.0520. The number of rotatable bonds is 3. The highest BCUT2D eigenvalue weighted by molar-refractivity contribution is 8.01. The molecule has 0 amide bonds. The number of benzene rings is 10. The van der Waals surface area contributed by atoms with Crippen molar-refractivity contribution in [3.63, 3.8) is 0 Å². The molecule has 0 saturated heterocycles. The zero-order valence-electron chi connectivity index (χ0n) is 40.0. The van der Waals surface area contributed by atoms with Gasteiger partial charge in [-0.25, -0.2) is 0 Å². The summed E-state index contributed by atoms with van der Waals surface area (Å²) in [6.07, 6.45) is 1.03. The average Bonchev–Trinajstić information content (AvgIpc) is 3.62. The maximum atomic E-state index is 2.53. The SMILES string of the molecule is CC(C)(C)Cc1cc2c3c(c1)Sc1cc(-n4c5ccc(C(C)(C)C)cc5c5cc(C(C)(C)C)ccc54)ccc1B3c1ccc(-c3ccc4cccc5c6cccc7cccc(c3c45)c76)cc1S2. The lowest BCUT2D eigenvalue weighted by atomic mass is 9.36. The van der Waals surface area contributed by atoms with E-state index in [1.165, 1.54) is 134 Å². The molecule has 2 aliphatic rings. The predicted molar refractivity (Wildman–Crippen MR) is 294 cm³/mol. The van der Waals surface area contributed by atoms with Crippen LogP contribution in [0.5, 0.6) is 0 Å². The lowest BCUT2D eigenvalue weighted by Gasteiger charge is -2.34. The molecule has 0 radical (unpaired) electrons. The Morgan fingerprint density at radius 1 is 0.448 bits per heavy atom. The van der Waals surface area contributed by atoms with E-state index >= 15 is 0 Å². The van der Waals surface area contributed by atoms with E-state index in [1.54, 1.807) is 0 Å². The average molecular weight is 900 g/mol. The Balaban J connectivity index is 1.01. The predicted octanol–water partition coefficient (Wildman–Crippen LogP) is 16.1. The van der Waals surface area contributed by atoms with E-state index in [2.05, 4.69) is 219 Å². The number of hydrogen-bond acceptors (Lipinski definition) is 2. The molecule has 0 bridgehead atoms. The number of hydrogen-bond donors (Lipinski definition) is 0. The van der Waals surface area contributed by atoms with Crippen molar-refractivity contribution in [1.29, 1.82) is 0 Å². The highest BCUT2D eigenvalue weighted by Crippen LogP contribution is 2.47. The molecule has 0 atom stereocenters. The van der Waals surface area contributed by atoms with Gasteiger partial charge in [0.1, 0.15) is 0 Å². The smallest absolute Gasteiger partial charge is 0.247 e. The minimum atomic E-state index is 0.0520. The quantitative estimate of drug-likeness (QED) is 0.0989. The fourth-order valence-corrected chi connectivity index (χ4v) is 14.3. The van der Waals surface area contributed by atoms with Gasteiger partial charge in [-0.15, -0.1) is 0 Å². The maximum absolute atomic E-state index is 2.53. The fourth-order valence-electron chi connectivity index (χ4n) is 11.7. The summed E-state index contributed by atoms with van der Waals surface area (Å²) < 4.78 is 2.53. The molecule has 0 saturated carbocycles. The van der Waals surface area contributed by atoms with Crippen LogP contribution < -0.4 is 16.4 Å². The third-order valence-electron chi connectivity index (χ3n) is 14.8. The summed E-state index contributed by atoms with van der Waals surface area (Å²) in [5.74, 6) is 0. The van der Waals surface area contributed by atoms with Crippen LogP contribution in [0.15, 0.2) is 171 Å². The molecule has 10 aromatic carbocycles. The lowest BCUT2D eigenvalue weighted by Crippen LogP contribution is -2.58. The molecule has 0 unspecified atom stereocenters. The summed E-state index contributed by atoms with van der Waals surface area (Å²) in [6, 6.07) is 59.4. The van der Waals surface area contributed by atoms with Gasteiger partial charge in [0.05, 0.1) is 11.0 Å². The van der Waals surface area contributed by atoms with E-state index in [-0.39, 0.29) is 23.0 Å².